The fraction of sp³-hybridized carbons (Fsp3) is 0.500. The van der Waals surface area contributed by atoms with Crippen molar-refractivity contribution >= 4 is 11.6 Å². The zero-order chi connectivity index (χ0) is 14.6. The summed E-state index contributed by atoms with van der Waals surface area (Å²) in [5.41, 5.74) is 6.05. The summed E-state index contributed by atoms with van der Waals surface area (Å²) in [5.74, 6) is 0.210. The van der Waals surface area contributed by atoms with Crippen molar-refractivity contribution in [3.8, 4) is 5.75 Å². The molecular weight excluding hydrogens is 260 g/mol. The summed E-state index contributed by atoms with van der Waals surface area (Å²) in [7, 11) is 1.50. The molecule has 0 radical (unpaired) electrons. The van der Waals surface area contributed by atoms with Crippen molar-refractivity contribution < 1.29 is 19.4 Å². The van der Waals surface area contributed by atoms with Crippen molar-refractivity contribution in [3.05, 3.63) is 23.8 Å². The summed E-state index contributed by atoms with van der Waals surface area (Å²) in [6.45, 7) is 0.964. The molecule has 0 bridgehead atoms. The van der Waals surface area contributed by atoms with Gasteiger partial charge in [0.15, 0.2) is 0 Å². The number of nitrogens with two attached hydrogens (primary N) is 1. The SMILES string of the molecule is COc1cc(C(=O)NC2(CO)CCOCC2)ccc1N. The van der Waals surface area contributed by atoms with Crippen LogP contribution in [-0.4, -0.2) is 43.5 Å². The largest absolute Gasteiger partial charge is 0.495 e. The van der Waals surface area contributed by atoms with Gasteiger partial charge in [0, 0.05) is 18.8 Å². The molecule has 6 nitrogen and oxygen atoms in total. The highest BCUT2D eigenvalue weighted by molar-refractivity contribution is 5.95. The number of nitrogen functional groups attached to an aromatic ring is 1. The van der Waals surface area contributed by atoms with Crippen molar-refractivity contribution in [1.29, 1.82) is 0 Å². The van der Waals surface area contributed by atoms with Crippen molar-refractivity contribution in [2.45, 2.75) is 18.4 Å². The Balaban J connectivity index is 2.14. The molecule has 1 saturated heterocycles. The molecule has 110 valence electrons. The molecular formula is C14H20N2O4. The number of nitrogens with one attached hydrogen (secondary N) is 1. The van der Waals surface area contributed by atoms with Gasteiger partial charge in [-0.2, -0.15) is 0 Å². The van der Waals surface area contributed by atoms with E-state index in [0.29, 0.717) is 43.1 Å². The van der Waals surface area contributed by atoms with Crippen LogP contribution in [0.25, 0.3) is 0 Å². The minimum absolute atomic E-state index is 0.103. The maximum atomic E-state index is 12.3. The van der Waals surface area contributed by atoms with Crippen LogP contribution in [-0.2, 0) is 4.74 Å². The molecule has 1 aliphatic heterocycles. The molecule has 0 unspecified atom stereocenters. The van der Waals surface area contributed by atoms with Gasteiger partial charge in [0.25, 0.3) is 5.91 Å². The van der Waals surface area contributed by atoms with Gasteiger partial charge in [-0.1, -0.05) is 0 Å². The van der Waals surface area contributed by atoms with Gasteiger partial charge in [0.1, 0.15) is 5.75 Å². The van der Waals surface area contributed by atoms with Gasteiger partial charge in [-0.25, -0.2) is 0 Å². The van der Waals surface area contributed by atoms with E-state index < -0.39 is 5.54 Å². The van der Waals surface area contributed by atoms with Crippen LogP contribution in [0, 0.1) is 0 Å². The van der Waals surface area contributed by atoms with Crippen molar-refractivity contribution in [2.75, 3.05) is 32.7 Å². The lowest BCUT2D eigenvalue weighted by Crippen LogP contribution is -2.54. The van der Waals surface area contributed by atoms with Crippen LogP contribution in [0.3, 0.4) is 0 Å². The number of anilines is 1. The van der Waals surface area contributed by atoms with Gasteiger partial charge in [-0.05, 0) is 31.0 Å². The zero-order valence-corrected chi connectivity index (χ0v) is 11.5. The molecule has 0 aromatic heterocycles. The number of aliphatic hydroxyl groups is 1. The summed E-state index contributed by atoms with van der Waals surface area (Å²) < 4.78 is 10.4. The predicted molar refractivity (Wildman–Crippen MR) is 74.7 cm³/mol. The molecule has 0 saturated carbocycles. The number of ether oxygens (including phenoxy) is 2. The number of carbonyl (C=O) groups is 1. The fourth-order valence-electron chi connectivity index (χ4n) is 2.25. The quantitative estimate of drug-likeness (QED) is 0.700. The van der Waals surface area contributed by atoms with Gasteiger partial charge < -0.3 is 25.6 Å². The Morgan fingerprint density at radius 2 is 2.20 bits per heavy atom. The normalized spacial score (nSPS) is 17.5. The number of amides is 1. The highest BCUT2D eigenvalue weighted by atomic mass is 16.5. The minimum Gasteiger partial charge on any atom is -0.495 e. The summed E-state index contributed by atoms with van der Waals surface area (Å²) >= 11 is 0. The third-order valence-corrected chi connectivity index (χ3v) is 3.63. The van der Waals surface area contributed by atoms with Crippen LogP contribution in [0.2, 0.25) is 0 Å². The van der Waals surface area contributed by atoms with E-state index in [9.17, 15) is 9.90 Å². The molecule has 6 heteroatoms. The Morgan fingerprint density at radius 3 is 2.80 bits per heavy atom. The van der Waals surface area contributed by atoms with Gasteiger partial charge >= 0.3 is 0 Å². The first-order valence-corrected chi connectivity index (χ1v) is 6.55. The van der Waals surface area contributed by atoms with Crippen LogP contribution in [0.15, 0.2) is 18.2 Å². The first-order valence-electron chi connectivity index (χ1n) is 6.55. The summed E-state index contributed by atoms with van der Waals surface area (Å²) in [4.78, 5) is 12.3. The van der Waals surface area contributed by atoms with Crippen LogP contribution < -0.4 is 15.8 Å². The van der Waals surface area contributed by atoms with E-state index in [1.54, 1.807) is 18.2 Å². The van der Waals surface area contributed by atoms with Crippen LogP contribution in [0.5, 0.6) is 5.75 Å². The Bertz CT molecular complexity index is 484. The van der Waals surface area contributed by atoms with Crippen molar-refractivity contribution in [1.82, 2.24) is 5.32 Å². The standard InChI is InChI=1S/C14H20N2O4/c1-19-12-8-10(2-3-11(12)15)13(18)16-14(9-17)4-6-20-7-5-14/h2-3,8,17H,4-7,9,15H2,1H3,(H,16,18). The van der Waals surface area contributed by atoms with E-state index in [0.717, 1.165) is 0 Å². The number of carbonyl (C=O) groups excluding carboxylic acids is 1. The molecule has 0 spiro atoms. The second-order valence-corrected chi connectivity index (χ2v) is 4.96. The Labute approximate surface area is 117 Å². The molecule has 0 atom stereocenters. The summed E-state index contributed by atoms with van der Waals surface area (Å²) in [6, 6.07) is 4.86. The smallest absolute Gasteiger partial charge is 0.251 e. The van der Waals surface area contributed by atoms with Crippen molar-refractivity contribution in [2.24, 2.45) is 0 Å². The van der Waals surface area contributed by atoms with E-state index in [2.05, 4.69) is 5.32 Å². The molecule has 1 amide bonds. The average molecular weight is 280 g/mol. The predicted octanol–water partition coefficient (Wildman–Crippen LogP) is 0.549. The molecule has 2 rings (SSSR count). The van der Waals surface area contributed by atoms with Gasteiger partial charge in [-0.15, -0.1) is 0 Å². The molecule has 4 N–H and O–H groups in total. The maximum absolute atomic E-state index is 12.3. The van der Waals surface area contributed by atoms with Crippen LogP contribution in [0.4, 0.5) is 5.69 Å². The zero-order valence-electron chi connectivity index (χ0n) is 11.5. The third-order valence-electron chi connectivity index (χ3n) is 3.63. The van der Waals surface area contributed by atoms with E-state index in [4.69, 9.17) is 15.2 Å². The Hall–Kier alpha value is -1.79. The number of hydrogen-bond donors (Lipinski definition) is 3. The number of rotatable bonds is 4. The second-order valence-electron chi connectivity index (χ2n) is 4.96. The number of methoxy groups -OCH3 is 1. The van der Waals surface area contributed by atoms with Gasteiger partial charge in [0.05, 0.1) is 24.9 Å². The van der Waals surface area contributed by atoms with Gasteiger partial charge in [0.2, 0.25) is 0 Å². The lowest BCUT2D eigenvalue weighted by molar-refractivity contribution is 0.0125. The van der Waals surface area contributed by atoms with Crippen molar-refractivity contribution in [3.63, 3.8) is 0 Å². The average Bonchev–Trinajstić information content (AvgIpc) is 2.48. The first kappa shape index (κ1) is 14.6. The molecule has 1 heterocycles. The molecule has 20 heavy (non-hydrogen) atoms. The van der Waals surface area contributed by atoms with E-state index in [1.807, 2.05) is 0 Å². The van der Waals surface area contributed by atoms with Gasteiger partial charge in [-0.3, -0.25) is 4.79 Å². The third kappa shape index (κ3) is 3.02. The first-order chi connectivity index (χ1) is 9.60. The lowest BCUT2D eigenvalue weighted by atomic mass is 9.90. The Morgan fingerprint density at radius 1 is 1.50 bits per heavy atom. The second kappa shape index (κ2) is 6.11. The number of benzene rings is 1. The molecule has 1 aromatic carbocycles. The lowest BCUT2D eigenvalue weighted by Gasteiger charge is -2.36. The molecule has 1 aliphatic rings. The summed E-state index contributed by atoms with van der Waals surface area (Å²) in [5, 5.41) is 12.5. The fourth-order valence-corrected chi connectivity index (χ4v) is 2.25. The minimum atomic E-state index is -0.607. The van der Waals surface area contributed by atoms with E-state index >= 15 is 0 Å². The highest BCUT2D eigenvalue weighted by Crippen LogP contribution is 2.24. The maximum Gasteiger partial charge on any atom is 0.251 e. The topological polar surface area (TPSA) is 93.8 Å². The summed E-state index contributed by atoms with van der Waals surface area (Å²) in [6.07, 6.45) is 1.20. The van der Waals surface area contributed by atoms with Crippen LogP contribution in [0.1, 0.15) is 23.2 Å². The highest BCUT2D eigenvalue weighted by Gasteiger charge is 2.33. The van der Waals surface area contributed by atoms with E-state index in [-0.39, 0.29) is 12.5 Å². The molecule has 1 fully saturated rings. The molecule has 1 aromatic rings. The van der Waals surface area contributed by atoms with E-state index in [1.165, 1.54) is 7.11 Å². The molecule has 0 aliphatic carbocycles. The van der Waals surface area contributed by atoms with Crippen LogP contribution >= 0.6 is 0 Å². The Kier molecular flexibility index (Phi) is 4.46. The number of aliphatic hydroxyl groups excluding tert-OH is 1. The monoisotopic (exact) mass is 280 g/mol. The number of hydrogen-bond acceptors (Lipinski definition) is 5.